The molecule has 6 nitrogen and oxygen atoms in total. The fourth-order valence-electron chi connectivity index (χ4n) is 5.95. The topological polar surface area (TPSA) is 46.0 Å². The molecule has 270 valence electrons. The summed E-state index contributed by atoms with van der Waals surface area (Å²) in [6.45, 7) is 4.64. The van der Waals surface area contributed by atoms with Crippen molar-refractivity contribution in [3.05, 3.63) is 72.8 Å². The average Bonchev–Trinajstić information content (AvgIpc) is 3.11. The van der Waals surface area contributed by atoms with Crippen molar-refractivity contribution >= 4 is 11.6 Å². The SMILES string of the molecule is CCCCCCCCCCOc1ccc(-c2ccc(OCCCCCCCCCCOc3ccc(NC(N(C)C)=[N+](C)C)cc3)cc2)cc1. The molecular weight excluding hydrogens is 606 g/mol. The van der Waals surface area contributed by atoms with E-state index in [2.05, 4.69) is 82.4 Å². The number of unbranched alkanes of at least 4 members (excludes halogenated alkanes) is 14. The van der Waals surface area contributed by atoms with Gasteiger partial charge in [0.05, 0.1) is 53.7 Å². The van der Waals surface area contributed by atoms with Crippen LogP contribution < -0.4 is 19.5 Å². The number of hydrogen-bond acceptors (Lipinski definition) is 3. The van der Waals surface area contributed by atoms with Gasteiger partial charge < -0.3 is 14.2 Å². The zero-order valence-corrected chi connectivity index (χ0v) is 31.5. The van der Waals surface area contributed by atoms with Gasteiger partial charge in [-0.05, 0) is 78.9 Å². The summed E-state index contributed by atoms with van der Waals surface area (Å²) in [5.74, 6) is 3.88. The van der Waals surface area contributed by atoms with Gasteiger partial charge in [-0.25, -0.2) is 5.32 Å². The minimum Gasteiger partial charge on any atom is -0.494 e. The van der Waals surface area contributed by atoms with Crippen LogP contribution >= 0.6 is 0 Å². The number of nitrogens with zero attached hydrogens (tertiary/aromatic N) is 2. The van der Waals surface area contributed by atoms with Gasteiger partial charge in [-0.1, -0.05) is 115 Å². The Hall–Kier alpha value is -3.67. The first-order valence-corrected chi connectivity index (χ1v) is 19.1. The van der Waals surface area contributed by atoms with Gasteiger partial charge in [0.1, 0.15) is 17.2 Å². The molecule has 0 saturated heterocycles. The van der Waals surface area contributed by atoms with Gasteiger partial charge in [0.25, 0.3) is 0 Å². The first-order chi connectivity index (χ1) is 24.0. The van der Waals surface area contributed by atoms with E-state index in [-0.39, 0.29) is 0 Å². The molecule has 6 heteroatoms. The molecule has 0 aromatic heterocycles. The zero-order chi connectivity index (χ0) is 34.9. The smallest absolute Gasteiger partial charge is 0.352 e. The first kappa shape index (κ1) is 39.8. The molecule has 0 fully saturated rings. The van der Waals surface area contributed by atoms with Crippen LogP contribution in [0.1, 0.15) is 110 Å². The Balaban J connectivity index is 1.15. The highest BCUT2D eigenvalue weighted by Crippen LogP contribution is 2.25. The second-order valence-electron chi connectivity index (χ2n) is 13.7. The summed E-state index contributed by atoms with van der Waals surface area (Å²) in [6.07, 6.45) is 20.4. The molecule has 0 unspecified atom stereocenters. The third kappa shape index (κ3) is 17.0. The average molecular weight is 673 g/mol. The number of benzene rings is 3. The molecule has 0 saturated carbocycles. The van der Waals surface area contributed by atoms with Crippen molar-refractivity contribution in [2.24, 2.45) is 0 Å². The van der Waals surface area contributed by atoms with Gasteiger partial charge in [0, 0.05) is 0 Å². The monoisotopic (exact) mass is 673 g/mol. The number of guanidine groups is 1. The molecule has 0 radical (unpaired) electrons. The largest absolute Gasteiger partial charge is 0.494 e. The summed E-state index contributed by atoms with van der Waals surface area (Å²) in [4.78, 5) is 2.06. The molecule has 3 rings (SSSR count). The standard InChI is InChI=1S/C43H65N3O3/c1-6-7-8-9-10-13-16-19-34-47-40-28-22-37(23-29-40)38-24-30-41(31-25-38)48-35-20-17-14-11-12-15-18-21-36-49-42-32-26-39(27-33-42)44-43(45(2)3)46(4)5/h22-33H,6-21,34-36H2,1-5H3/p+1. The van der Waals surface area contributed by atoms with E-state index >= 15 is 0 Å². The fourth-order valence-corrected chi connectivity index (χ4v) is 5.95. The Bertz CT molecular complexity index is 1280. The van der Waals surface area contributed by atoms with Gasteiger partial charge in [-0.15, -0.1) is 0 Å². The van der Waals surface area contributed by atoms with Crippen LogP contribution in [0, 0.1) is 0 Å². The lowest BCUT2D eigenvalue weighted by Gasteiger charge is -2.13. The molecule has 0 bridgehead atoms. The third-order valence-electron chi connectivity index (χ3n) is 8.84. The Kier molecular flexibility index (Phi) is 19.9. The lowest BCUT2D eigenvalue weighted by Crippen LogP contribution is -2.36. The molecule has 0 amide bonds. The number of anilines is 1. The summed E-state index contributed by atoms with van der Waals surface area (Å²) in [5, 5.41) is 3.45. The minimum atomic E-state index is 0.776. The van der Waals surface area contributed by atoms with Crippen LogP contribution in [-0.2, 0) is 0 Å². The van der Waals surface area contributed by atoms with Crippen LogP contribution in [-0.4, -0.2) is 63.4 Å². The van der Waals surface area contributed by atoms with Gasteiger partial charge in [0.2, 0.25) is 0 Å². The predicted octanol–water partition coefficient (Wildman–Crippen LogP) is 11.1. The third-order valence-corrected chi connectivity index (χ3v) is 8.84. The van der Waals surface area contributed by atoms with Crippen molar-refractivity contribution in [2.75, 3.05) is 53.3 Å². The van der Waals surface area contributed by atoms with E-state index in [1.54, 1.807) is 0 Å². The first-order valence-electron chi connectivity index (χ1n) is 19.1. The van der Waals surface area contributed by atoms with E-state index in [1.807, 2.05) is 40.3 Å². The van der Waals surface area contributed by atoms with Crippen molar-refractivity contribution in [3.63, 3.8) is 0 Å². The molecule has 0 aliphatic carbocycles. The maximum Gasteiger partial charge on any atom is 0.352 e. The Morgan fingerprint density at radius 1 is 0.490 bits per heavy atom. The van der Waals surface area contributed by atoms with Crippen LogP contribution in [0.2, 0.25) is 0 Å². The van der Waals surface area contributed by atoms with Crippen molar-refractivity contribution in [3.8, 4) is 28.4 Å². The molecular formula is C43H66N3O3+. The van der Waals surface area contributed by atoms with Gasteiger partial charge in [-0.3, -0.25) is 9.48 Å². The van der Waals surface area contributed by atoms with Crippen LogP contribution in [0.4, 0.5) is 5.69 Å². The second-order valence-corrected chi connectivity index (χ2v) is 13.7. The maximum absolute atomic E-state index is 6.02. The molecule has 0 aliphatic rings. The van der Waals surface area contributed by atoms with E-state index in [4.69, 9.17) is 14.2 Å². The Morgan fingerprint density at radius 3 is 1.14 bits per heavy atom. The normalized spacial score (nSPS) is 10.9. The molecule has 0 atom stereocenters. The zero-order valence-electron chi connectivity index (χ0n) is 31.5. The molecule has 0 aliphatic heterocycles. The van der Waals surface area contributed by atoms with Crippen LogP contribution in [0.5, 0.6) is 17.2 Å². The summed E-state index contributed by atoms with van der Waals surface area (Å²) in [5.41, 5.74) is 3.46. The summed E-state index contributed by atoms with van der Waals surface area (Å²) < 4.78 is 20.0. The van der Waals surface area contributed by atoms with Gasteiger partial charge in [-0.2, -0.15) is 0 Å². The lowest BCUT2D eigenvalue weighted by molar-refractivity contribution is -0.469. The molecule has 0 heterocycles. The molecule has 0 spiro atoms. The van der Waals surface area contributed by atoms with Crippen LogP contribution in [0.25, 0.3) is 11.1 Å². The Labute approximate surface area is 298 Å². The number of nitrogens with one attached hydrogen (secondary N) is 1. The van der Waals surface area contributed by atoms with Gasteiger partial charge in [0.15, 0.2) is 0 Å². The molecule has 49 heavy (non-hydrogen) atoms. The number of hydrogen-bond donors (Lipinski definition) is 1. The van der Waals surface area contributed by atoms with E-state index < -0.39 is 0 Å². The van der Waals surface area contributed by atoms with Crippen molar-refractivity contribution < 1.29 is 18.8 Å². The van der Waals surface area contributed by atoms with E-state index in [0.717, 1.165) is 68.0 Å². The van der Waals surface area contributed by atoms with Crippen molar-refractivity contribution in [2.45, 2.75) is 110 Å². The molecule has 3 aromatic rings. The van der Waals surface area contributed by atoms with E-state index in [0.29, 0.717) is 0 Å². The van der Waals surface area contributed by atoms with Crippen molar-refractivity contribution in [1.82, 2.24) is 4.90 Å². The van der Waals surface area contributed by atoms with Crippen molar-refractivity contribution in [1.29, 1.82) is 0 Å². The highest BCUT2D eigenvalue weighted by Gasteiger charge is 2.12. The summed E-state index contributed by atoms with van der Waals surface area (Å²) >= 11 is 0. The number of ether oxygens (including phenoxy) is 3. The van der Waals surface area contributed by atoms with E-state index in [1.165, 1.54) is 94.6 Å². The quantitative estimate of drug-likeness (QED) is 0.0420. The summed E-state index contributed by atoms with van der Waals surface area (Å²) in [6, 6.07) is 25.2. The van der Waals surface area contributed by atoms with Gasteiger partial charge >= 0.3 is 5.96 Å². The maximum atomic E-state index is 6.02. The molecule has 3 aromatic carbocycles. The Morgan fingerprint density at radius 2 is 0.816 bits per heavy atom. The highest BCUT2D eigenvalue weighted by atomic mass is 16.5. The van der Waals surface area contributed by atoms with Crippen LogP contribution in [0.15, 0.2) is 72.8 Å². The van der Waals surface area contributed by atoms with Crippen LogP contribution in [0.3, 0.4) is 0 Å². The predicted molar refractivity (Wildman–Crippen MR) is 209 cm³/mol. The number of rotatable bonds is 25. The lowest BCUT2D eigenvalue weighted by atomic mass is 10.1. The van der Waals surface area contributed by atoms with E-state index in [9.17, 15) is 0 Å². The second kappa shape index (κ2) is 24.5. The minimum absolute atomic E-state index is 0.776. The fraction of sp³-hybridized carbons (Fsp3) is 0.558. The summed E-state index contributed by atoms with van der Waals surface area (Å²) in [7, 11) is 8.13. The molecule has 1 N–H and O–H groups in total. The highest BCUT2D eigenvalue weighted by molar-refractivity contribution is 5.89.